The normalized spacial score (nSPS) is 34.4. The molecule has 0 aromatic heterocycles. The Morgan fingerprint density at radius 2 is 1.65 bits per heavy atom. The Kier molecular flexibility index (Phi) is 7.56. The number of hydrogen-bond acceptors (Lipinski definition) is 5. The maximum atomic E-state index is 12.9. The predicted molar refractivity (Wildman–Crippen MR) is 119 cm³/mol. The second-order valence-electron chi connectivity index (χ2n) is 10.2. The Balaban J connectivity index is 1.70. The molecular formula is C22H39N3O5S. The van der Waals surface area contributed by atoms with E-state index in [9.17, 15) is 18.0 Å². The second kappa shape index (κ2) is 9.65. The van der Waals surface area contributed by atoms with Gasteiger partial charge < -0.3 is 14.5 Å². The van der Waals surface area contributed by atoms with Crippen molar-refractivity contribution in [2.45, 2.75) is 96.9 Å². The zero-order valence-electron chi connectivity index (χ0n) is 19.3. The molecular weight excluding hydrogens is 418 g/mol. The fourth-order valence-electron chi connectivity index (χ4n) is 6.26. The van der Waals surface area contributed by atoms with Gasteiger partial charge in [0.2, 0.25) is 15.9 Å². The SMILES string of the molecule is CC(=O)N1C2CCC(C3CCC(CS(N)(=O)=O)CC3)CC2N(C(=O)OC(C)C)C[C@@H]1C. The number of amides is 2. The molecule has 1 heterocycles. The van der Waals surface area contributed by atoms with Crippen LogP contribution in [-0.2, 0) is 19.6 Å². The molecule has 31 heavy (non-hydrogen) atoms. The lowest BCUT2D eigenvalue weighted by Gasteiger charge is -2.54. The molecule has 2 saturated carbocycles. The van der Waals surface area contributed by atoms with E-state index in [1.165, 1.54) is 0 Å². The van der Waals surface area contributed by atoms with Crippen LogP contribution < -0.4 is 5.14 Å². The van der Waals surface area contributed by atoms with E-state index in [0.29, 0.717) is 18.4 Å². The molecule has 0 radical (unpaired) electrons. The molecule has 2 N–H and O–H groups in total. The van der Waals surface area contributed by atoms with Gasteiger partial charge in [0, 0.05) is 19.5 Å². The van der Waals surface area contributed by atoms with Crippen molar-refractivity contribution in [3.63, 3.8) is 0 Å². The average molecular weight is 458 g/mol. The summed E-state index contributed by atoms with van der Waals surface area (Å²) in [4.78, 5) is 29.1. The smallest absolute Gasteiger partial charge is 0.410 e. The molecule has 3 aliphatic rings. The second-order valence-corrected chi connectivity index (χ2v) is 11.8. The van der Waals surface area contributed by atoms with E-state index in [1.807, 2.05) is 30.6 Å². The molecule has 3 unspecified atom stereocenters. The van der Waals surface area contributed by atoms with Crippen LogP contribution in [0.25, 0.3) is 0 Å². The van der Waals surface area contributed by atoms with Crippen LogP contribution in [0.1, 0.15) is 72.6 Å². The third-order valence-corrected chi connectivity index (χ3v) is 8.41. The Labute approximate surface area is 186 Å². The van der Waals surface area contributed by atoms with Crippen LogP contribution in [0.3, 0.4) is 0 Å². The van der Waals surface area contributed by atoms with Crippen molar-refractivity contribution in [1.82, 2.24) is 9.80 Å². The van der Waals surface area contributed by atoms with Gasteiger partial charge in [-0.1, -0.05) is 0 Å². The molecule has 4 atom stereocenters. The minimum absolute atomic E-state index is 0.0211. The first-order valence-corrected chi connectivity index (χ1v) is 13.4. The first-order chi connectivity index (χ1) is 14.5. The largest absolute Gasteiger partial charge is 0.447 e. The summed E-state index contributed by atoms with van der Waals surface area (Å²) < 4.78 is 28.4. The highest BCUT2D eigenvalue weighted by molar-refractivity contribution is 7.89. The van der Waals surface area contributed by atoms with Gasteiger partial charge in [-0.05, 0) is 83.5 Å². The predicted octanol–water partition coefficient (Wildman–Crippen LogP) is 2.72. The molecule has 9 heteroatoms. The lowest BCUT2D eigenvalue weighted by molar-refractivity contribution is -0.142. The maximum Gasteiger partial charge on any atom is 0.410 e. The summed E-state index contributed by atoms with van der Waals surface area (Å²) in [6.45, 7) is 7.84. The number of sulfonamides is 1. The van der Waals surface area contributed by atoms with Gasteiger partial charge in [0.25, 0.3) is 0 Å². The molecule has 1 aliphatic heterocycles. The zero-order chi connectivity index (χ0) is 22.9. The Hall–Kier alpha value is -1.35. The molecule has 0 aromatic carbocycles. The Bertz CT molecular complexity index is 763. The average Bonchev–Trinajstić information content (AvgIpc) is 2.65. The quantitative estimate of drug-likeness (QED) is 0.698. The van der Waals surface area contributed by atoms with Crippen LogP contribution in [0.4, 0.5) is 4.79 Å². The topological polar surface area (TPSA) is 110 Å². The molecule has 2 aliphatic carbocycles. The van der Waals surface area contributed by atoms with E-state index in [4.69, 9.17) is 9.88 Å². The number of carbonyl (C=O) groups excluding carboxylic acids is 2. The number of ether oxygens (including phenoxy) is 1. The third-order valence-electron chi connectivity index (χ3n) is 7.48. The molecule has 8 nitrogen and oxygen atoms in total. The van der Waals surface area contributed by atoms with Crippen LogP contribution in [0, 0.1) is 17.8 Å². The third kappa shape index (κ3) is 5.92. The van der Waals surface area contributed by atoms with Crippen molar-refractivity contribution < 1.29 is 22.7 Å². The van der Waals surface area contributed by atoms with Gasteiger partial charge in [0.1, 0.15) is 0 Å². The van der Waals surface area contributed by atoms with Gasteiger partial charge in [-0.25, -0.2) is 18.4 Å². The van der Waals surface area contributed by atoms with Crippen LogP contribution in [-0.4, -0.2) is 66.7 Å². The van der Waals surface area contributed by atoms with Crippen LogP contribution in [0.15, 0.2) is 0 Å². The van der Waals surface area contributed by atoms with Gasteiger partial charge in [-0.15, -0.1) is 0 Å². The summed E-state index contributed by atoms with van der Waals surface area (Å²) in [5.74, 6) is 1.32. The number of primary sulfonamides is 1. The molecule has 2 amide bonds. The van der Waals surface area contributed by atoms with E-state index >= 15 is 0 Å². The van der Waals surface area contributed by atoms with Crippen molar-refractivity contribution in [3.05, 3.63) is 0 Å². The van der Waals surface area contributed by atoms with E-state index in [-0.39, 0.29) is 47.9 Å². The van der Waals surface area contributed by atoms with Gasteiger partial charge in [-0.3, -0.25) is 4.79 Å². The lowest BCUT2D eigenvalue weighted by Crippen LogP contribution is -2.67. The first-order valence-electron chi connectivity index (χ1n) is 11.7. The minimum Gasteiger partial charge on any atom is -0.447 e. The summed E-state index contributed by atoms with van der Waals surface area (Å²) in [5.41, 5.74) is 0. The van der Waals surface area contributed by atoms with Crippen molar-refractivity contribution in [2.75, 3.05) is 12.3 Å². The fraction of sp³-hybridized carbons (Fsp3) is 0.909. The molecule has 0 bridgehead atoms. The molecule has 0 aromatic rings. The van der Waals surface area contributed by atoms with E-state index < -0.39 is 10.0 Å². The highest BCUT2D eigenvalue weighted by atomic mass is 32.2. The molecule has 178 valence electrons. The number of nitrogens with zero attached hydrogens (tertiary/aromatic N) is 2. The van der Waals surface area contributed by atoms with Crippen LogP contribution >= 0.6 is 0 Å². The van der Waals surface area contributed by atoms with Crippen molar-refractivity contribution in [1.29, 1.82) is 0 Å². The number of fused-ring (bicyclic) bond motifs is 1. The summed E-state index contributed by atoms with van der Waals surface area (Å²) in [6, 6.07) is -0.00756. The number of nitrogens with two attached hydrogens (primary N) is 1. The maximum absolute atomic E-state index is 12.9. The highest BCUT2D eigenvalue weighted by Gasteiger charge is 2.48. The summed E-state index contributed by atoms with van der Waals surface area (Å²) in [7, 11) is -3.42. The van der Waals surface area contributed by atoms with Gasteiger partial charge in [-0.2, -0.15) is 0 Å². The molecule has 1 saturated heterocycles. The van der Waals surface area contributed by atoms with Crippen LogP contribution in [0.5, 0.6) is 0 Å². The number of rotatable bonds is 4. The Morgan fingerprint density at radius 1 is 1.03 bits per heavy atom. The highest BCUT2D eigenvalue weighted by Crippen LogP contribution is 2.44. The summed E-state index contributed by atoms with van der Waals surface area (Å²) in [5, 5.41) is 5.23. The number of hydrogen-bond donors (Lipinski definition) is 1. The number of carbonyl (C=O) groups is 2. The van der Waals surface area contributed by atoms with Crippen molar-refractivity contribution in [3.8, 4) is 0 Å². The van der Waals surface area contributed by atoms with Crippen molar-refractivity contribution in [2.24, 2.45) is 22.9 Å². The van der Waals surface area contributed by atoms with E-state index in [0.717, 1.165) is 44.9 Å². The summed E-state index contributed by atoms with van der Waals surface area (Å²) >= 11 is 0. The summed E-state index contributed by atoms with van der Waals surface area (Å²) in [6.07, 6.45) is 6.13. The molecule has 3 rings (SSSR count). The lowest BCUT2D eigenvalue weighted by atomic mass is 9.68. The van der Waals surface area contributed by atoms with E-state index in [2.05, 4.69) is 0 Å². The van der Waals surface area contributed by atoms with Gasteiger partial charge in [0.05, 0.1) is 23.9 Å². The molecule has 0 spiro atoms. The first kappa shape index (κ1) is 24.3. The Morgan fingerprint density at radius 3 is 2.19 bits per heavy atom. The van der Waals surface area contributed by atoms with Crippen LogP contribution in [0.2, 0.25) is 0 Å². The standard InChI is InChI=1S/C22H39N3O5S/c1-14(2)30-22(27)24-12-15(3)25(16(4)26)20-10-9-19(11-21(20)24)18-7-5-17(6-8-18)13-31(23,28)29/h14-15,17-21H,5-13H2,1-4H3,(H2,23,28,29)/t15-,17?,18?,19?,20?,21?/m0/s1. The molecule has 3 fully saturated rings. The van der Waals surface area contributed by atoms with Crippen molar-refractivity contribution >= 4 is 22.0 Å². The van der Waals surface area contributed by atoms with Gasteiger partial charge in [0.15, 0.2) is 0 Å². The van der Waals surface area contributed by atoms with Gasteiger partial charge >= 0.3 is 6.09 Å². The zero-order valence-corrected chi connectivity index (χ0v) is 20.1. The monoisotopic (exact) mass is 457 g/mol. The fourth-order valence-corrected chi connectivity index (χ4v) is 7.25. The van der Waals surface area contributed by atoms with E-state index in [1.54, 1.807) is 6.92 Å². The minimum atomic E-state index is -3.42. The number of piperazine rings is 1.